The van der Waals surface area contributed by atoms with Crippen LogP contribution in [0.3, 0.4) is 0 Å². The van der Waals surface area contributed by atoms with Gasteiger partial charge in [-0.15, -0.1) is 0 Å². The molecule has 0 aromatic heterocycles. The summed E-state index contributed by atoms with van der Waals surface area (Å²) in [5.74, 6) is -0.792. The number of aliphatic imine (C=N–C) groups is 1. The van der Waals surface area contributed by atoms with E-state index in [0.29, 0.717) is 23.4 Å². The predicted molar refractivity (Wildman–Crippen MR) is 79.4 cm³/mol. The molecule has 0 spiro atoms. The van der Waals surface area contributed by atoms with Crippen molar-refractivity contribution >= 4 is 17.9 Å². The Morgan fingerprint density at radius 3 is 2.57 bits per heavy atom. The molecule has 108 valence electrons. The lowest BCUT2D eigenvalue weighted by Crippen LogP contribution is -2.03. The number of carbonyl (C=O) groups is 1. The molecule has 0 heterocycles. The van der Waals surface area contributed by atoms with Gasteiger partial charge in [0.2, 0.25) is 0 Å². The minimum atomic E-state index is -0.376. The number of hydrogen-bond donors (Lipinski definition) is 2. The summed E-state index contributed by atoms with van der Waals surface area (Å²) in [6, 6.07) is 11.2. The molecule has 5 heteroatoms. The molecular formula is C16H15NO4. The Hall–Kier alpha value is -2.82. The van der Waals surface area contributed by atoms with Gasteiger partial charge < -0.3 is 14.9 Å². The van der Waals surface area contributed by atoms with E-state index in [1.54, 1.807) is 43.3 Å². The first kappa shape index (κ1) is 14.6. The summed E-state index contributed by atoms with van der Waals surface area (Å²) < 4.78 is 4.89. The number of phenols is 2. The molecule has 0 aliphatic heterocycles. The first-order valence-electron chi connectivity index (χ1n) is 6.44. The zero-order valence-electron chi connectivity index (χ0n) is 11.5. The molecule has 0 amide bonds. The Bertz CT molecular complexity index is 662. The van der Waals surface area contributed by atoms with Crippen LogP contribution < -0.4 is 0 Å². The zero-order chi connectivity index (χ0) is 15.2. The van der Waals surface area contributed by atoms with E-state index in [0.717, 1.165) is 0 Å². The van der Waals surface area contributed by atoms with Crippen LogP contribution in [0.25, 0.3) is 0 Å². The Kier molecular flexibility index (Phi) is 4.56. The summed E-state index contributed by atoms with van der Waals surface area (Å²) in [5, 5.41) is 19.0. The summed E-state index contributed by atoms with van der Waals surface area (Å²) in [4.78, 5) is 15.7. The van der Waals surface area contributed by atoms with Crippen LogP contribution in [0.15, 0.2) is 47.5 Å². The third-order valence-electron chi connectivity index (χ3n) is 2.78. The summed E-state index contributed by atoms with van der Waals surface area (Å²) in [6.45, 7) is 2.08. The van der Waals surface area contributed by atoms with Gasteiger partial charge in [-0.3, -0.25) is 4.99 Å². The topological polar surface area (TPSA) is 79.1 Å². The largest absolute Gasteiger partial charge is 0.504 e. The van der Waals surface area contributed by atoms with Crippen molar-refractivity contribution in [2.45, 2.75) is 6.92 Å². The number of esters is 1. The number of ether oxygens (including phenoxy) is 1. The molecule has 5 nitrogen and oxygen atoms in total. The molecular weight excluding hydrogens is 270 g/mol. The normalized spacial score (nSPS) is 10.7. The van der Waals surface area contributed by atoms with E-state index >= 15 is 0 Å². The molecule has 2 aromatic carbocycles. The highest BCUT2D eigenvalue weighted by atomic mass is 16.5. The summed E-state index contributed by atoms with van der Waals surface area (Å²) in [6.07, 6.45) is 1.44. The minimum absolute atomic E-state index is 0.198. The smallest absolute Gasteiger partial charge is 0.338 e. The maximum atomic E-state index is 11.5. The molecule has 0 unspecified atom stereocenters. The Balaban J connectivity index is 2.15. The first-order chi connectivity index (χ1) is 10.1. The number of aromatic hydroxyl groups is 2. The fraction of sp³-hybridized carbons (Fsp3) is 0.125. The molecule has 0 bridgehead atoms. The van der Waals surface area contributed by atoms with Crippen molar-refractivity contribution < 1.29 is 19.7 Å². The number of hydrogen-bond acceptors (Lipinski definition) is 5. The van der Waals surface area contributed by atoms with Crippen molar-refractivity contribution in [3.8, 4) is 11.5 Å². The van der Waals surface area contributed by atoms with Crippen LogP contribution in [0.4, 0.5) is 5.69 Å². The second-order valence-corrected chi connectivity index (χ2v) is 4.24. The van der Waals surface area contributed by atoms with Gasteiger partial charge in [0.15, 0.2) is 11.5 Å². The van der Waals surface area contributed by atoms with E-state index in [1.165, 1.54) is 12.3 Å². The molecule has 2 rings (SSSR count). The molecule has 0 fully saturated rings. The third-order valence-corrected chi connectivity index (χ3v) is 2.78. The average Bonchev–Trinajstić information content (AvgIpc) is 2.49. The molecule has 0 atom stereocenters. The molecule has 0 saturated carbocycles. The van der Waals surface area contributed by atoms with E-state index in [4.69, 9.17) is 4.74 Å². The van der Waals surface area contributed by atoms with E-state index in [2.05, 4.69) is 4.99 Å². The van der Waals surface area contributed by atoms with E-state index in [1.807, 2.05) is 0 Å². The van der Waals surface area contributed by atoms with Crippen molar-refractivity contribution in [2.24, 2.45) is 4.99 Å². The van der Waals surface area contributed by atoms with Gasteiger partial charge in [0.25, 0.3) is 0 Å². The number of nitrogens with zero attached hydrogens (tertiary/aromatic N) is 1. The number of benzene rings is 2. The molecule has 0 aliphatic rings. The van der Waals surface area contributed by atoms with Crippen LogP contribution in [-0.2, 0) is 4.74 Å². The predicted octanol–water partition coefficient (Wildman–Crippen LogP) is 3.03. The van der Waals surface area contributed by atoms with Crippen LogP contribution in [0.5, 0.6) is 11.5 Å². The van der Waals surface area contributed by atoms with Gasteiger partial charge in [-0.25, -0.2) is 4.79 Å². The second kappa shape index (κ2) is 6.56. The van der Waals surface area contributed by atoms with Gasteiger partial charge in [0.1, 0.15) is 0 Å². The van der Waals surface area contributed by atoms with Gasteiger partial charge in [0.05, 0.1) is 17.9 Å². The molecule has 2 aromatic rings. The quantitative estimate of drug-likeness (QED) is 0.514. The lowest BCUT2D eigenvalue weighted by molar-refractivity contribution is 0.0526. The van der Waals surface area contributed by atoms with Crippen LogP contribution in [-0.4, -0.2) is 29.0 Å². The standard InChI is InChI=1S/C16H15NO4/c1-2-21-16(20)11-6-8-13(9-7-11)17-10-12-4-3-5-14(18)15(12)19/h3-10,18-19H,2H2,1H3. The molecule has 0 saturated heterocycles. The average molecular weight is 285 g/mol. The van der Waals surface area contributed by atoms with Crippen molar-refractivity contribution in [2.75, 3.05) is 6.61 Å². The van der Waals surface area contributed by atoms with Gasteiger partial charge in [0, 0.05) is 11.8 Å². The third kappa shape index (κ3) is 3.60. The fourth-order valence-corrected chi connectivity index (χ4v) is 1.69. The van der Waals surface area contributed by atoms with Crippen molar-refractivity contribution in [3.63, 3.8) is 0 Å². The van der Waals surface area contributed by atoms with Crippen LogP contribution >= 0.6 is 0 Å². The second-order valence-electron chi connectivity index (χ2n) is 4.24. The van der Waals surface area contributed by atoms with Crippen LogP contribution in [0, 0.1) is 0 Å². The minimum Gasteiger partial charge on any atom is -0.504 e. The summed E-state index contributed by atoms with van der Waals surface area (Å²) in [7, 11) is 0. The van der Waals surface area contributed by atoms with Gasteiger partial charge in [-0.2, -0.15) is 0 Å². The first-order valence-corrected chi connectivity index (χ1v) is 6.44. The maximum absolute atomic E-state index is 11.5. The lowest BCUT2D eigenvalue weighted by atomic mass is 10.2. The van der Waals surface area contributed by atoms with Gasteiger partial charge in [-0.05, 0) is 43.3 Å². The SMILES string of the molecule is CCOC(=O)c1ccc(N=Cc2cccc(O)c2O)cc1. The van der Waals surface area contributed by atoms with Crippen molar-refractivity contribution in [3.05, 3.63) is 53.6 Å². The molecule has 21 heavy (non-hydrogen) atoms. The number of para-hydroxylation sites is 1. The highest BCUT2D eigenvalue weighted by Gasteiger charge is 2.05. The number of phenolic OH excluding ortho intramolecular Hbond substituents is 2. The number of carbonyl (C=O) groups excluding carboxylic acids is 1. The van der Waals surface area contributed by atoms with E-state index in [9.17, 15) is 15.0 Å². The monoisotopic (exact) mass is 285 g/mol. The van der Waals surface area contributed by atoms with Crippen molar-refractivity contribution in [1.82, 2.24) is 0 Å². The Morgan fingerprint density at radius 1 is 1.19 bits per heavy atom. The maximum Gasteiger partial charge on any atom is 0.338 e. The highest BCUT2D eigenvalue weighted by molar-refractivity contribution is 5.90. The molecule has 2 N–H and O–H groups in total. The fourth-order valence-electron chi connectivity index (χ4n) is 1.69. The van der Waals surface area contributed by atoms with Crippen molar-refractivity contribution in [1.29, 1.82) is 0 Å². The van der Waals surface area contributed by atoms with E-state index < -0.39 is 0 Å². The molecule has 0 radical (unpaired) electrons. The summed E-state index contributed by atoms with van der Waals surface area (Å²) >= 11 is 0. The number of rotatable bonds is 4. The van der Waals surface area contributed by atoms with Crippen LogP contribution in [0.1, 0.15) is 22.8 Å². The highest BCUT2D eigenvalue weighted by Crippen LogP contribution is 2.27. The summed E-state index contributed by atoms with van der Waals surface area (Å²) in [5.41, 5.74) is 1.48. The van der Waals surface area contributed by atoms with Crippen LogP contribution in [0.2, 0.25) is 0 Å². The zero-order valence-corrected chi connectivity index (χ0v) is 11.5. The lowest BCUT2D eigenvalue weighted by Gasteiger charge is -2.02. The van der Waals surface area contributed by atoms with Gasteiger partial charge in [-0.1, -0.05) is 6.07 Å². The Labute approximate surface area is 122 Å². The van der Waals surface area contributed by atoms with Gasteiger partial charge >= 0.3 is 5.97 Å². The molecule has 0 aliphatic carbocycles. The Morgan fingerprint density at radius 2 is 1.90 bits per heavy atom. The van der Waals surface area contributed by atoms with E-state index in [-0.39, 0.29) is 17.5 Å².